The number of nitrogens with zero attached hydrogens (tertiary/aromatic N) is 3. The number of carbonyl (C=O) groups excluding carboxylic acids is 2. The predicted molar refractivity (Wildman–Crippen MR) is 271 cm³/mol. The van der Waals surface area contributed by atoms with Gasteiger partial charge in [-0.1, -0.05) is 23.3 Å². The molecular formula is C55H69F4N5O8. The molecule has 0 spiro atoms. The second-order valence-electron chi connectivity index (χ2n) is 18.3. The molecule has 0 aromatic heterocycles. The molecule has 13 nitrogen and oxygen atoms in total. The Balaban J connectivity index is 0.000000239. The van der Waals surface area contributed by atoms with Gasteiger partial charge in [0.1, 0.15) is 23.3 Å². The molecule has 2 amide bonds. The van der Waals surface area contributed by atoms with E-state index in [0.29, 0.717) is 71.3 Å². The minimum atomic E-state index is -0.644. The molecule has 72 heavy (non-hydrogen) atoms. The molecule has 2 N–H and O–H groups in total. The van der Waals surface area contributed by atoms with Crippen molar-refractivity contribution in [2.45, 2.75) is 70.5 Å². The average molecular weight is 1000 g/mol. The van der Waals surface area contributed by atoms with Crippen LogP contribution in [0.15, 0.2) is 71.8 Å². The number of halogens is 4. The molecule has 3 aliphatic rings. The molecule has 17 heteroatoms. The van der Waals surface area contributed by atoms with Crippen LogP contribution in [0.2, 0.25) is 0 Å². The fourth-order valence-electron chi connectivity index (χ4n) is 9.78. The van der Waals surface area contributed by atoms with Crippen molar-refractivity contribution in [3.63, 3.8) is 0 Å². The van der Waals surface area contributed by atoms with Crippen LogP contribution in [-0.4, -0.2) is 140 Å². The second-order valence-corrected chi connectivity index (χ2v) is 18.3. The van der Waals surface area contributed by atoms with Crippen molar-refractivity contribution in [1.82, 2.24) is 25.3 Å². The summed E-state index contributed by atoms with van der Waals surface area (Å²) in [6.07, 6.45) is 9.62. The summed E-state index contributed by atoms with van der Waals surface area (Å²) in [6.45, 7) is 9.23. The summed E-state index contributed by atoms with van der Waals surface area (Å²) in [5, 5.41) is 6.85. The first-order chi connectivity index (χ1) is 34.7. The van der Waals surface area contributed by atoms with Gasteiger partial charge in [0.25, 0.3) is 11.8 Å². The first kappa shape index (κ1) is 55.0. The predicted octanol–water partition coefficient (Wildman–Crippen LogP) is 9.04. The van der Waals surface area contributed by atoms with Crippen LogP contribution in [0.5, 0.6) is 34.5 Å². The number of benzene rings is 4. The summed E-state index contributed by atoms with van der Waals surface area (Å²) in [6, 6.07) is 14.4. The van der Waals surface area contributed by atoms with E-state index in [1.165, 1.54) is 66.9 Å². The molecule has 3 aliphatic heterocycles. The minimum absolute atomic E-state index is 0.173. The number of hydrogen-bond acceptors (Lipinski definition) is 11. The number of methoxy groups -OCH3 is 6. The van der Waals surface area contributed by atoms with E-state index in [2.05, 4.69) is 15.5 Å². The Morgan fingerprint density at radius 3 is 1.46 bits per heavy atom. The maximum absolute atomic E-state index is 14.4. The standard InChI is InChI=1S/C30H39F2N3O4.C25H30F2N2O4/c1-20(14-21-7-8-23(31)17-26(21)32)18-34(19-25-6-5-13-35(25)24-9-11-33-12-10-24)30(36)22-15-27(37-2)29(39-4)28(16-22)38-3;1-16(10-17-7-8-19(26)13-21(17)27)14-29(15-20-6-5-9-28-20)25(30)18-11-22(31-2)24(33-4)23(12-18)32-3/h7-8,14-17,24-25,33H,5-6,9-13,18-19H2,1-4H3;7-8,10-13,20,28H,5-6,9,14-15H2,1-4H3/b20-14+;16-10+. The maximum atomic E-state index is 14.4. The SMILES string of the molecule is COc1cc(C(=O)N(C/C(C)=C/c2ccc(F)cc2F)CC2CCCN2)cc(OC)c1OC.COc1cc(C(=O)N(C/C(C)=C/c2ccc(F)cc2F)CC2CCCN2C2CCNCC2)cc(OC)c1OC. The van der Waals surface area contributed by atoms with E-state index in [9.17, 15) is 27.2 Å². The summed E-state index contributed by atoms with van der Waals surface area (Å²) in [4.78, 5) is 33.7. The first-order valence-electron chi connectivity index (χ1n) is 24.3. The quantitative estimate of drug-likeness (QED) is 0.0876. The number of amides is 2. The van der Waals surface area contributed by atoms with Crippen molar-refractivity contribution in [2.24, 2.45) is 0 Å². The largest absolute Gasteiger partial charge is 0.493 e. The number of piperidine rings is 1. The lowest BCUT2D eigenvalue weighted by Gasteiger charge is -2.38. The fraction of sp³-hybridized carbons (Fsp3) is 0.455. The molecule has 4 aromatic carbocycles. The van der Waals surface area contributed by atoms with Gasteiger partial charge in [-0.25, -0.2) is 17.6 Å². The van der Waals surface area contributed by atoms with E-state index in [-0.39, 0.29) is 41.6 Å². The molecule has 2 atom stereocenters. The van der Waals surface area contributed by atoms with E-state index >= 15 is 0 Å². The van der Waals surface area contributed by atoms with Crippen LogP contribution >= 0.6 is 0 Å². The number of rotatable bonds is 19. The van der Waals surface area contributed by atoms with Crippen molar-refractivity contribution in [3.05, 3.63) is 117 Å². The Bertz CT molecular complexity index is 2500. The zero-order chi connectivity index (χ0) is 51.9. The molecule has 0 bridgehead atoms. The van der Waals surface area contributed by atoms with Crippen molar-refractivity contribution >= 4 is 24.0 Å². The number of nitrogens with one attached hydrogen (secondary N) is 2. The highest BCUT2D eigenvalue weighted by molar-refractivity contribution is 5.96. The third kappa shape index (κ3) is 14.2. The molecule has 2 unspecified atom stereocenters. The van der Waals surface area contributed by atoms with E-state index in [4.69, 9.17) is 28.4 Å². The third-order valence-corrected chi connectivity index (χ3v) is 13.2. The summed E-state index contributed by atoms with van der Waals surface area (Å²) in [7, 11) is 9.05. The van der Waals surface area contributed by atoms with Crippen LogP contribution in [-0.2, 0) is 0 Å². The highest BCUT2D eigenvalue weighted by Crippen LogP contribution is 2.40. The maximum Gasteiger partial charge on any atom is 0.254 e. The van der Waals surface area contributed by atoms with Crippen LogP contribution in [0.1, 0.15) is 84.2 Å². The normalized spacial score (nSPS) is 17.4. The molecule has 390 valence electrons. The highest BCUT2D eigenvalue weighted by atomic mass is 19.1. The van der Waals surface area contributed by atoms with Crippen molar-refractivity contribution in [1.29, 1.82) is 0 Å². The van der Waals surface area contributed by atoms with Gasteiger partial charge in [0.15, 0.2) is 23.0 Å². The van der Waals surface area contributed by atoms with Crippen LogP contribution < -0.4 is 39.1 Å². The molecular weight excluding hydrogens is 935 g/mol. The summed E-state index contributed by atoms with van der Waals surface area (Å²) in [5.41, 5.74) is 2.91. The minimum Gasteiger partial charge on any atom is -0.493 e. The van der Waals surface area contributed by atoms with E-state index in [1.807, 2.05) is 18.7 Å². The van der Waals surface area contributed by atoms with Crippen LogP contribution in [0.3, 0.4) is 0 Å². The highest BCUT2D eigenvalue weighted by Gasteiger charge is 2.34. The van der Waals surface area contributed by atoms with Gasteiger partial charge in [0, 0.05) is 78.7 Å². The Labute approximate surface area is 421 Å². The summed E-state index contributed by atoms with van der Waals surface area (Å²) in [5.74, 6) is -0.527. The second kappa shape index (κ2) is 26.4. The molecule has 0 saturated carbocycles. The molecule has 7 rings (SSSR count). The first-order valence-corrected chi connectivity index (χ1v) is 24.3. The van der Waals surface area contributed by atoms with Gasteiger partial charge < -0.3 is 48.9 Å². The van der Waals surface area contributed by atoms with Crippen LogP contribution in [0.4, 0.5) is 17.6 Å². The lowest BCUT2D eigenvalue weighted by molar-refractivity contribution is 0.0675. The van der Waals surface area contributed by atoms with Gasteiger partial charge in [0.2, 0.25) is 11.5 Å². The lowest BCUT2D eigenvalue weighted by Crippen LogP contribution is -2.50. The van der Waals surface area contributed by atoms with E-state index in [0.717, 1.165) is 88.0 Å². The summed E-state index contributed by atoms with van der Waals surface area (Å²) >= 11 is 0. The van der Waals surface area contributed by atoms with E-state index in [1.54, 1.807) is 41.3 Å². The van der Waals surface area contributed by atoms with Crippen LogP contribution in [0.25, 0.3) is 12.2 Å². The van der Waals surface area contributed by atoms with Crippen molar-refractivity contribution < 1.29 is 55.6 Å². The van der Waals surface area contributed by atoms with Gasteiger partial charge >= 0.3 is 0 Å². The Morgan fingerprint density at radius 2 is 1.06 bits per heavy atom. The van der Waals surface area contributed by atoms with Gasteiger partial charge in [-0.2, -0.15) is 0 Å². The lowest BCUT2D eigenvalue weighted by atomic mass is 10.0. The average Bonchev–Trinajstić information content (AvgIpc) is 4.09. The van der Waals surface area contributed by atoms with Gasteiger partial charge in [-0.15, -0.1) is 0 Å². The smallest absolute Gasteiger partial charge is 0.254 e. The molecule has 3 saturated heterocycles. The van der Waals surface area contributed by atoms with Crippen molar-refractivity contribution in [2.75, 3.05) is 95.0 Å². The topological polar surface area (TPSA) is 123 Å². The summed E-state index contributed by atoms with van der Waals surface area (Å²) < 4.78 is 87.7. The number of hydrogen-bond donors (Lipinski definition) is 2. The van der Waals surface area contributed by atoms with Gasteiger partial charge in [0.05, 0.1) is 42.7 Å². The fourth-order valence-corrected chi connectivity index (χ4v) is 9.78. The number of likely N-dealkylation sites (tertiary alicyclic amines) is 1. The Morgan fingerprint density at radius 1 is 0.597 bits per heavy atom. The molecule has 0 aliphatic carbocycles. The molecule has 0 radical (unpaired) electrons. The zero-order valence-electron chi connectivity index (χ0n) is 42.7. The molecule has 4 aromatic rings. The van der Waals surface area contributed by atoms with Gasteiger partial charge in [-0.05, 0) is 127 Å². The monoisotopic (exact) mass is 1000 g/mol. The Kier molecular flexibility index (Phi) is 20.2. The number of carbonyl (C=O) groups is 2. The molecule has 3 heterocycles. The molecule has 3 fully saturated rings. The Hall–Kier alpha value is -6.30. The van der Waals surface area contributed by atoms with Crippen molar-refractivity contribution in [3.8, 4) is 34.5 Å². The van der Waals surface area contributed by atoms with E-state index < -0.39 is 23.3 Å². The third-order valence-electron chi connectivity index (χ3n) is 13.2. The number of ether oxygens (including phenoxy) is 6. The van der Waals surface area contributed by atoms with Gasteiger partial charge in [-0.3, -0.25) is 14.5 Å². The van der Waals surface area contributed by atoms with Crippen LogP contribution in [0, 0.1) is 23.3 Å². The zero-order valence-corrected chi connectivity index (χ0v) is 42.7.